The molecule has 3 rings (SSSR count). The topological polar surface area (TPSA) is 61.8 Å². The van der Waals surface area contributed by atoms with Gasteiger partial charge >= 0.3 is 0 Å². The first-order valence-electron chi connectivity index (χ1n) is 8.45. The number of benzene rings is 2. The van der Waals surface area contributed by atoms with Crippen molar-refractivity contribution in [3.05, 3.63) is 72.8 Å². The van der Waals surface area contributed by atoms with Crippen molar-refractivity contribution in [1.82, 2.24) is 4.90 Å². The lowest BCUT2D eigenvalue weighted by atomic mass is 10.2. The van der Waals surface area contributed by atoms with Crippen molar-refractivity contribution in [1.29, 1.82) is 0 Å². The van der Waals surface area contributed by atoms with E-state index in [1.807, 2.05) is 0 Å². The molecule has 0 radical (unpaired) electrons. The molecular weight excluding hydrogens is 384 g/mol. The number of halogens is 2. The van der Waals surface area contributed by atoms with Gasteiger partial charge < -0.3 is 5.32 Å². The summed E-state index contributed by atoms with van der Waals surface area (Å²) in [4.78, 5) is 30.8. The van der Waals surface area contributed by atoms with Gasteiger partial charge in [0.15, 0.2) is 5.17 Å². The van der Waals surface area contributed by atoms with E-state index in [1.165, 1.54) is 65.2 Å². The summed E-state index contributed by atoms with van der Waals surface area (Å²) in [5.74, 6) is -1.39. The second kappa shape index (κ2) is 8.79. The number of hydrogen-bond donors (Lipinski definition) is 1. The summed E-state index contributed by atoms with van der Waals surface area (Å²) < 4.78 is 26.0. The minimum absolute atomic E-state index is 0.0586. The Kier molecular flexibility index (Phi) is 6.20. The fraction of sp³-hybridized carbons (Fsp3) is 0.150. The van der Waals surface area contributed by atoms with E-state index in [2.05, 4.69) is 16.9 Å². The van der Waals surface area contributed by atoms with Crippen molar-refractivity contribution >= 4 is 40.1 Å². The second-order valence-electron chi connectivity index (χ2n) is 5.97. The van der Waals surface area contributed by atoms with Gasteiger partial charge in [0, 0.05) is 18.7 Å². The number of amidine groups is 1. The molecule has 1 aliphatic heterocycles. The van der Waals surface area contributed by atoms with Crippen LogP contribution in [-0.2, 0) is 9.59 Å². The Labute approximate surface area is 165 Å². The van der Waals surface area contributed by atoms with Gasteiger partial charge in [0.1, 0.15) is 16.9 Å². The third-order valence-electron chi connectivity index (χ3n) is 3.88. The van der Waals surface area contributed by atoms with E-state index in [1.54, 1.807) is 6.08 Å². The van der Waals surface area contributed by atoms with Crippen molar-refractivity contribution in [3.8, 4) is 0 Å². The van der Waals surface area contributed by atoms with Crippen LogP contribution in [0.1, 0.15) is 6.42 Å². The summed E-state index contributed by atoms with van der Waals surface area (Å²) >= 11 is 1.17. The average molecular weight is 401 g/mol. The molecule has 0 saturated carbocycles. The van der Waals surface area contributed by atoms with Crippen LogP contribution in [0.15, 0.2) is 66.2 Å². The number of nitrogens with one attached hydrogen (secondary N) is 1. The molecule has 1 unspecified atom stereocenters. The van der Waals surface area contributed by atoms with Gasteiger partial charge in [-0.05, 0) is 48.5 Å². The van der Waals surface area contributed by atoms with Crippen molar-refractivity contribution in [2.75, 3.05) is 11.9 Å². The maximum Gasteiger partial charge on any atom is 0.242 e. The van der Waals surface area contributed by atoms with Gasteiger partial charge in [-0.15, -0.1) is 6.58 Å². The zero-order valence-electron chi connectivity index (χ0n) is 14.8. The first-order valence-corrected chi connectivity index (χ1v) is 9.33. The standard InChI is InChI=1S/C20H17F2N3O2S/c1-2-11-25-19(27)17(12-18(26)23-15-7-3-13(21)4-8-15)28-20(25)24-16-9-5-14(22)6-10-16/h2-10,17H,1,11-12H2,(H,23,26). The van der Waals surface area contributed by atoms with E-state index >= 15 is 0 Å². The van der Waals surface area contributed by atoms with Crippen molar-refractivity contribution in [3.63, 3.8) is 0 Å². The number of aliphatic imine (C=N–C) groups is 1. The van der Waals surface area contributed by atoms with Crippen LogP contribution in [0.2, 0.25) is 0 Å². The van der Waals surface area contributed by atoms with Crippen LogP contribution in [0, 0.1) is 11.6 Å². The van der Waals surface area contributed by atoms with Gasteiger partial charge in [-0.1, -0.05) is 17.8 Å². The quantitative estimate of drug-likeness (QED) is 0.741. The Morgan fingerprint density at radius 1 is 1.14 bits per heavy atom. The predicted molar refractivity (Wildman–Crippen MR) is 106 cm³/mol. The second-order valence-corrected chi connectivity index (χ2v) is 7.14. The highest BCUT2D eigenvalue weighted by atomic mass is 32.2. The average Bonchev–Trinajstić information content (AvgIpc) is 2.94. The van der Waals surface area contributed by atoms with Gasteiger partial charge in [0.2, 0.25) is 11.8 Å². The highest BCUT2D eigenvalue weighted by Gasteiger charge is 2.38. The van der Waals surface area contributed by atoms with Crippen LogP contribution in [0.4, 0.5) is 20.2 Å². The molecule has 1 heterocycles. The molecule has 2 amide bonds. The largest absolute Gasteiger partial charge is 0.326 e. The fourth-order valence-electron chi connectivity index (χ4n) is 2.56. The van der Waals surface area contributed by atoms with E-state index in [-0.39, 0.29) is 30.6 Å². The third kappa shape index (κ3) is 4.83. The molecule has 5 nitrogen and oxygen atoms in total. The molecule has 2 aromatic rings. The zero-order valence-corrected chi connectivity index (χ0v) is 15.6. The Bertz CT molecular complexity index is 914. The number of carbonyl (C=O) groups is 2. The summed E-state index contributed by atoms with van der Waals surface area (Å²) in [6, 6.07) is 11.0. The van der Waals surface area contributed by atoms with Gasteiger partial charge in [0.25, 0.3) is 0 Å². The number of anilines is 1. The number of carbonyl (C=O) groups excluding carboxylic acids is 2. The van der Waals surface area contributed by atoms with Crippen LogP contribution >= 0.6 is 11.8 Å². The third-order valence-corrected chi connectivity index (χ3v) is 5.06. The van der Waals surface area contributed by atoms with Crippen LogP contribution in [0.3, 0.4) is 0 Å². The zero-order chi connectivity index (χ0) is 20.1. The summed E-state index contributed by atoms with van der Waals surface area (Å²) in [7, 11) is 0. The summed E-state index contributed by atoms with van der Waals surface area (Å²) in [6.45, 7) is 3.89. The van der Waals surface area contributed by atoms with E-state index in [0.29, 0.717) is 16.5 Å². The van der Waals surface area contributed by atoms with E-state index in [9.17, 15) is 18.4 Å². The molecule has 0 aromatic heterocycles. The predicted octanol–water partition coefficient (Wildman–Crippen LogP) is 4.11. The highest BCUT2D eigenvalue weighted by Crippen LogP contribution is 2.31. The monoisotopic (exact) mass is 401 g/mol. The van der Waals surface area contributed by atoms with Crippen LogP contribution in [0.5, 0.6) is 0 Å². The summed E-state index contributed by atoms with van der Waals surface area (Å²) in [6.07, 6.45) is 1.51. The molecular formula is C20H17F2N3O2S. The first kappa shape index (κ1) is 19.8. The fourth-order valence-corrected chi connectivity index (χ4v) is 3.73. The molecule has 0 bridgehead atoms. The van der Waals surface area contributed by atoms with Crippen LogP contribution in [0.25, 0.3) is 0 Å². The lowest BCUT2D eigenvalue weighted by Gasteiger charge is -2.13. The lowest BCUT2D eigenvalue weighted by Crippen LogP contribution is -2.33. The molecule has 1 saturated heterocycles. The van der Waals surface area contributed by atoms with Crippen molar-refractivity contribution in [2.45, 2.75) is 11.7 Å². The number of amides is 2. The van der Waals surface area contributed by atoms with Gasteiger partial charge in [-0.25, -0.2) is 13.8 Å². The van der Waals surface area contributed by atoms with Crippen molar-refractivity contribution in [2.24, 2.45) is 4.99 Å². The molecule has 28 heavy (non-hydrogen) atoms. The molecule has 1 N–H and O–H groups in total. The van der Waals surface area contributed by atoms with E-state index in [0.717, 1.165) is 0 Å². The maximum atomic E-state index is 13.1. The SMILES string of the molecule is C=CCN1C(=O)C(CC(=O)Nc2ccc(F)cc2)SC1=Nc1ccc(F)cc1. The molecule has 8 heteroatoms. The van der Waals surface area contributed by atoms with E-state index in [4.69, 9.17) is 0 Å². The van der Waals surface area contributed by atoms with Gasteiger partial charge in [0.05, 0.1) is 5.69 Å². The summed E-state index contributed by atoms with van der Waals surface area (Å²) in [5, 5.41) is 2.43. The minimum Gasteiger partial charge on any atom is -0.326 e. The lowest BCUT2D eigenvalue weighted by molar-refractivity contribution is -0.127. The molecule has 2 aromatic carbocycles. The molecule has 1 fully saturated rings. The van der Waals surface area contributed by atoms with E-state index < -0.39 is 11.1 Å². The first-order chi connectivity index (χ1) is 13.5. The Balaban J connectivity index is 1.72. The Morgan fingerprint density at radius 3 is 2.36 bits per heavy atom. The molecule has 0 spiro atoms. The van der Waals surface area contributed by atoms with Crippen molar-refractivity contribution < 1.29 is 18.4 Å². The smallest absolute Gasteiger partial charge is 0.242 e. The van der Waals surface area contributed by atoms with Gasteiger partial charge in [-0.3, -0.25) is 14.5 Å². The summed E-state index contributed by atoms with van der Waals surface area (Å²) in [5.41, 5.74) is 0.951. The van der Waals surface area contributed by atoms with Crippen LogP contribution < -0.4 is 5.32 Å². The minimum atomic E-state index is -0.639. The highest BCUT2D eigenvalue weighted by molar-refractivity contribution is 8.15. The van der Waals surface area contributed by atoms with Gasteiger partial charge in [-0.2, -0.15) is 0 Å². The number of thioether (sulfide) groups is 1. The van der Waals surface area contributed by atoms with Crippen LogP contribution in [-0.4, -0.2) is 33.7 Å². The number of rotatable bonds is 6. The molecule has 1 atom stereocenters. The Morgan fingerprint density at radius 2 is 1.75 bits per heavy atom. The molecule has 0 aliphatic carbocycles. The normalized spacial score (nSPS) is 17.8. The Hall–Kier alpha value is -3.00. The maximum absolute atomic E-state index is 13.1. The number of nitrogens with zero attached hydrogens (tertiary/aromatic N) is 2. The molecule has 144 valence electrons. The number of hydrogen-bond acceptors (Lipinski definition) is 4. The molecule has 1 aliphatic rings.